The number of hydrazine groups is 1. The van der Waals surface area contributed by atoms with Crippen molar-refractivity contribution in [1.29, 1.82) is 0 Å². The molecule has 1 aliphatic rings. The van der Waals surface area contributed by atoms with Gasteiger partial charge in [-0.05, 0) is 58.8 Å². The summed E-state index contributed by atoms with van der Waals surface area (Å²) in [4.78, 5) is 25.4. The Labute approximate surface area is 193 Å². The Morgan fingerprint density at radius 1 is 1.06 bits per heavy atom. The van der Waals surface area contributed by atoms with E-state index in [-0.39, 0.29) is 5.57 Å². The van der Waals surface area contributed by atoms with Gasteiger partial charge in [-0.25, -0.2) is 5.01 Å². The normalized spacial score (nSPS) is 14.8. The molecule has 1 heterocycles. The highest BCUT2D eigenvalue weighted by atomic mass is 79.9. The summed E-state index contributed by atoms with van der Waals surface area (Å²) in [5.74, 6) is -0.442. The number of anilines is 1. The number of hydrogen-bond donors (Lipinski definition) is 1. The number of benzene rings is 3. The molecule has 156 valence electrons. The van der Waals surface area contributed by atoms with Crippen LogP contribution in [0.4, 0.5) is 5.69 Å². The van der Waals surface area contributed by atoms with E-state index in [0.29, 0.717) is 33.1 Å². The van der Waals surface area contributed by atoms with Crippen LogP contribution in [0.1, 0.15) is 16.7 Å². The van der Waals surface area contributed by atoms with E-state index in [0.717, 1.165) is 11.1 Å². The molecule has 0 atom stereocenters. The number of carbonyl (C=O) groups excluding carboxylic acids is 2. The van der Waals surface area contributed by atoms with Gasteiger partial charge in [-0.2, -0.15) is 0 Å². The second-order valence-corrected chi connectivity index (χ2v) is 8.35. The minimum atomic E-state index is -0.491. The highest BCUT2D eigenvalue weighted by Gasteiger charge is 2.34. The second-order valence-electron chi connectivity index (χ2n) is 7.06. The molecule has 0 saturated carbocycles. The molecule has 1 fully saturated rings. The molecule has 1 saturated heterocycles. The number of hydrogen-bond acceptors (Lipinski definition) is 3. The topological polar surface area (TPSA) is 58.6 Å². The molecule has 0 unspecified atom stereocenters. The van der Waals surface area contributed by atoms with Crippen LogP contribution in [0.3, 0.4) is 0 Å². The average Bonchev–Trinajstić information content (AvgIpc) is 3.03. The summed E-state index contributed by atoms with van der Waals surface area (Å²) < 4.78 is 6.66. The van der Waals surface area contributed by atoms with Crippen molar-refractivity contribution in [3.8, 4) is 5.75 Å². The van der Waals surface area contributed by atoms with E-state index in [9.17, 15) is 9.59 Å². The molecule has 0 aliphatic carbocycles. The first kappa shape index (κ1) is 21.2. The van der Waals surface area contributed by atoms with Gasteiger partial charge < -0.3 is 4.74 Å². The number of ether oxygens (including phenoxy) is 1. The summed E-state index contributed by atoms with van der Waals surface area (Å²) >= 11 is 9.71. The van der Waals surface area contributed by atoms with Crippen LogP contribution in [0.2, 0.25) is 5.02 Å². The Kier molecular flexibility index (Phi) is 6.11. The lowest BCUT2D eigenvalue weighted by molar-refractivity contribution is -0.117. The van der Waals surface area contributed by atoms with E-state index >= 15 is 0 Å². The van der Waals surface area contributed by atoms with Gasteiger partial charge in [-0.1, -0.05) is 59.6 Å². The van der Waals surface area contributed by atoms with Crippen molar-refractivity contribution in [2.24, 2.45) is 0 Å². The maximum atomic E-state index is 12.9. The van der Waals surface area contributed by atoms with E-state index in [1.165, 1.54) is 11.1 Å². The predicted octanol–water partition coefficient (Wildman–Crippen LogP) is 5.45. The number of para-hydroxylation sites is 1. The maximum absolute atomic E-state index is 12.9. The third-order valence-electron chi connectivity index (χ3n) is 4.75. The lowest BCUT2D eigenvalue weighted by Gasteiger charge is -2.14. The van der Waals surface area contributed by atoms with E-state index < -0.39 is 11.8 Å². The molecule has 0 bridgehead atoms. The van der Waals surface area contributed by atoms with Crippen LogP contribution in [0, 0.1) is 6.92 Å². The van der Waals surface area contributed by atoms with Crippen molar-refractivity contribution in [3.63, 3.8) is 0 Å². The molecule has 1 aliphatic heterocycles. The molecule has 7 heteroatoms. The SMILES string of the molecule is Cc1ccc(COc2c(Br)cc(Cl)cc2/C=C2/C(=O)NN(c3ccccc3)C2=O)cc1. The van der Waals surface area contributed by atoms with Crippen LogP contribution >= 0.6 is 27.5 Å². The standard InChI is InChI=1S/C24H18BrClN2O3/c1-15-7-9-16(10-8-15)14-31-22-17(11-18(26)13-21(22)25)12-20-23(29)27-28(24(20)30)19-5-3-2-4-6-19/h2-13H,14H2,1H3,(H,27,29)/b20-12-. The fourth-order valence-corrected chi connectivity index (χ4v) is 4.10. The summed E-state index contributed by atoms with van der Waals surface area (Å²) in [6.07, 6.45) is 1.50. The molecule has 2 amide bonds. The Morgan fingerprint density at radius 2 is 1.77 bits per heavy atom. The number of halogens is 2. The van der Waals surface area contributed by atoms with E-state index in [2.05, 4.69) is 21.4 Å². The third-order valence-corrected chi connectivity index (χ3v) is 5.55. The second kappa shape index (κ2) is 8.96. The van der Waals surface area contributed by atoms with Gasteiger partial charge in [0, 0.05) is 10.6 Å². The van der Waals surface area contributed by atoms with Gasteiger partial charge in [0.25, 0.3) is 11.8 Å². The van der Waals surface area contributed by atoms with Crippen LogP contribution < -0.4 is 15.2 Å². The fourth-order valence-electron chi connectivity index (χ4n) is 3.15. The highest BCUT2D eigenvalue weighted by Crippen LogP contribution is 2.35. The van der Waals surface area contributed by atoms with Crippen LogP contribution in [-0.4, -0.2) is 11.8 Å². The Bertz CT molecular complexity index is 1180. The largest absolute Gasteiger partial charge is 0.487 e. The average molecular weight is 498 g/mol. The molecule has 0 radical (unpaired) electrons. The van der Waals surface area contributed by atoms with E-state index in [1.54, 1.807) is 36.4 Å². The molecule has 1 N–H and O–H groups in total. The van der Waals surface area contributed by atoms with E-state index in [1.807, 2.05) is 37.3 Å². The van der Waals surface area contributed by atoms with Crippen molar-refractivity contribution in [2.45, 2.75) is 13.5 Å². The van der Waals surface area contributed by atoms with Crippen molar-refractivity contribution in [1.82, 2.24) is 5.43 Å². The minimum Gasteiger partial charge on any atom is -0.487 e. The summed E-state index contributed by atoms with van der Waals surface area (Å²) in [5.41, 5.74) is 5.85. The van der Waals surface area contributed by atoms with Crippen molar-refractivity contribution < 1.29 is 14.3 Å². The van der Waals surface area contributed by atoms with Gasteiger partial charge >= 0.3 is 0 Å². The summed E-state index contributed by atoms with van der Waals surface area (Å²) in [7, 11) is 0. The van der Waals surface area contributed by atoms with Gasteiger partial charge in [-0.15, -0.1) is 0 Å². The predicted molar refractivity (Wildman–Crippen MR) is 125 cm³/mol. The zero-order valence-electron chi connectivity index (χ0n) is 16.6. The number of nitrogens with one attached hydrogen (secondary N) is 1. The summed E-state index contributed by atoms with van der Waals surface area (Å²) in [6.45, 7) is 2.35. The monoisotopic (exact) mass is 496 g/mol. The quantitative estimate of drug-likeness (QED) is 0.377. The molecule has 5 nitrogen and oxygen atoms in total. The van der Waals surface area contributed by atoms with Gasteiger partial charge in [-0.3, -0.25) is 15.0 Å². The maximum Gasteiger partial charge on any atom is 0.282 e. The smallest absolute Gasteiger partial charge is 0.282 e. The van der Waals surface area contributed by atoms with Gasteiger partial charge in [0.2, 0.25) is 0 Å². The van der Waals surface area contributed by atoms with Crippen LogP contribution in [0.25, 0.3) is 6.08 Å². The Morgan fingerprint density at radius 3 is 2.48 bits per heavy atom. The molecule has 0 aromatic heterocycles. The van der Waals surface area contributed by atoms with Gasteiger partial charge in [0.1, 0.15) is 17.9 Å². The summed E-state index contributed by atoms with van der Waals surface area (Å²) in [6, 6.07) is 20.3. The number of amides is 2. The van der Waals surface area contributed by atoms with Crippen LogP contribution in [0.15, 0.2) is 76.8 Å². The molecule has 4 rings (SSSR count). The van der Waals surface area contributed by atoms with Crippen LogP contribution in [0.5, 0.6) is 5.75 Å². The highest BCUT2D eigenvalue weighted by molar-refractivity contribution is 9.10. The number of nitrogens with zero attached hydrogens (tertiary/aromatic N) is 1. The first-order valence-electron chi connectivity index (χ1n) is 9.52. The van der Waals surface area contributed by atoms with Gasteiger partial charge in [0.05, 0.1) is 10.2 Å². The first-order chi connectivity index (χ1) is 14.9. The molecular formula is C24H18BrClN2O3. The molecular weight excluding hydrogens is 480 g/mol. The third kappa shape index (κ3) is 4.65. The molecule has 3 aromatic rings. The number of rotatable bonds is 5. The molecule has 31 heavy (non-hydrogen) atoms. The molecule has 3 aromatic carbocycles. The van der Waals surface area contributed by atoms with Crippen molar-refractivity contribution in [2.75, 3.05) is 5.01 Å². The van der Waals surface area contributed by atoms with E-state index in [4.69, 9.17) is 16.3 Å². The lowest BCUT2D eigenvalue weighted by atomic mass is 10.1. The molecule has 0 spiro atoms. The fraction of sp³-hybridized carbons (Fsp3) is 0.0833. The van der Waals surface area contributed by atoms with Crippen molar-refractivity contribution in [3.05, 3.63) is 98.5 Å². The zero-order valence-corrected chi connectivity index (χ0v) is 18.9. The summed E-state index contributed by atoms with van der Waals surface area (Å²) in [5, 5.41) is 1.67. The first-order valence-corrected chi connectivity index (χ1v) is 10.7. The lowest BCUT2D eigenvalue weighted by Crippen LogP contribution is -2.35. The number of aryl methyl sites for hydroxylation is 1. The Balaban J connectivity index is 1.65. The Hall–Kier alpha value is -3.09. The number of carbonyl (C=O) groups is 2. The zero-order chi connectivity index (χ0) is 22.0. The van der Waals surface area contributed by atoms with Gasteiger partial charge in [0.15, 0.2) is 0 Å². The van der Waals surface area contributed by atoms with Crippen LogP contribution in [-0.2, 0) is 16.2 Å². The van der Waals surface area contributed by atoms with Crippen molar-refractivity contribution >= 4 is 51.1 Å². The minimum absolute atomic E-state index is 0.00166.